The Hall–Kier alpha value is -1.75. The van der Waals surface area contributed by atoms with Gasteiger partial charge in [0.25, 0.3) is 5.91 Å². The van der Waals surface area contributed by atoms with Gasteiger partial charge >= 0.3 is 0 Å². The van der Waals surface area contributed by atoms with Crippen LogP contribution in [0.5, 0.6) is 5.88 Å². The van der Waals surface area contributed by atoms with Gasteiger partial charge < -0.3 is 9.64 Å². The highest BCUT2D eigenvalue weighted by molar-refractivity contribution is 7.98. The molecular formula is C18H22N2O2S. The highest BCUT2D eigenvalue weighted by atomic mass is 32.2. The van der Waals surface area contributed by atoms with Crippen molar-refractivity contribution in [2.75, 3.05) is 32.2 Å². The molecule has 0 aliphatic carbocycles. The average Bonchev–Trinajstić information content (AvgIpc) is 2.60. The van der Waals surface area contributed by atoms with Crippen molar-refractivity contribution in [2.24, 2.45) is 5.92 Å². The molecule has 1 atom stereocenters. The van der Waals surface area contributed by atoms with Gasteiger partial charge in [-0.25, -0.2) is 4.98 Å². The number of carbonyl (C=O) groups excluding carboxylic acids is 1. The van der Waals surface area contributed by atoms with Crippen molar-refractivity contribution in [1.82, 2.24) is 9.88 Å². The number of piperidine rings is 1. The number of hydrogen-bond donors (Lipinski definition) is 0. The molecule has 1 fully saturated rings. The molecule has 0 unspecified atom stereocenters. The summed E-state index contributed by atoms with van der Waals surface area (Å²) >= 11 is 1.86. The lowest BCUT2D eigenvalue weighted by atomic mass is 9.98. The minimum atomic E-state index is 0.0905. The summed E-state index contributed by atoms with van der Waals surface area (Å²) in [5.41, 5.74) is 1.49. The Morgan fingerprint density at radius 2 is 2.26 bits per heavy atom. The molecule has 1 aliphatic heterocycles. The molecule has 0 spiro atoms. The van der Waals surface area contributed by atoms with E-state index in [0.29, 0.717) is 17.4 Å². The molecule has 0 saturated carbocycles. The topological polar surface area (TPSA) is 42.4 Å². The van der Waals surface area contributed by atoms with Gasteiger partial charge in [-0.05, 0) is 36.8 Å². The number of carbonyl (C=O) groups is 1. The zero-order valence-corrected chi connectivity index (χ0v) is 14.4. The van der Waals surface area contributed by atoms with Crippen LogP contribution in [-0.2, 0) is 0 Å². The van der Waals surface area contributed by atoms with Crippen LogP contribution in [0.2, 0.25) is 0 Å². The molecule has 0 radical (unpaired) electrons. The third-order valence-corrected chi connectivity index (χ3v) is 5.15. The zero-order valence-electron chi connectivity index (χ0n) is 13.6. The first kappa shape index (κ1) is 16.1. The van der Waals surface area contributed by atoms with Gasteiger partial charge in [-0.2, -0.15) is 11.8 Å². The van der Waals surface area contributed by atoms with E-state index in [1.165, 1.54) is 6.42 Å². The third-order valence-electron chi connectivity index (χ3n) is 4.34. The second kappa shape index (κ2) is 7.21. The lowest BCUT2D eigenvalue weighted by Crippen LogP contribution is -2.40. The maximum absolute atomic E-state index is 13.1. The Balaban J connectivity index is 1.93. The standard InChI is InChI=1S/C18H22N2O2S/c1-22-17-10-15(14-7-3-4-8-16(14)19-17)18(21)20-9-5-6-13(11-20)12-23-2/h3-4,7-8,10,13H,5-6,9,11-12H2,1-2H3/t13-/m1/s1. The van der Waals surface area contributed by atoms with E-state index in [9.17, 15) is 4.79 Å². The SMILES string of the molecule is COc1cc(C(=O)N2CCC[C@@H](CSC)C2)c2ccccc2n1. The van der Waals surface area contributed by atoms with Gasteiger partial charge in [0.2, 0.25) is 5.88 Å². The normalized spacial score (nSPS) is 18.2. The molecule has 1 aliphatic rings. The number of thioether (sulfide) groups is 1. The number of methoxy groups -OCH3 is 1. The summed E-state index contributed by atoms with van der Waals surface area (Å²) in [7, 11) is 1.58. The Kier molecular flexibility index (Phi) is 5.06. The predicted octanol–water partition coefficient (Wildman–Crippen LogP) is 3.46. The summed E-state index contributed by atoms with van der Waals surface area (Å²) in [4.78, 5) is 19.5. The number of rotatable bonds is 4. The number of fused-ring (bicyclic) bond motifs is 1. The highest BCUT2D eigenvalue weighted by Crippen LogP contribution is 2.26. The van der Waals surface area contributed by atoms with Gasteiger partial charge in [0.05, 0.1) is 18.2 Å². The van der Waals surface area contributed by atoms with E-state index in [2.05, 4.69) is 11.2 Å². The van der Waals surface area contributed by atoms with E-state index in [4.69, 9.17) is 4.74 Å². The molecule has 1 aromatic heterocycles. The molecule has 122 valence electrons. The first-order chi connectivity index (χ1) is 11.2. The molecule has 0 bridgehead atoms. The number of benzene rings is 1. The smallest absolute Gasteiger partial charge is 0.254 e. The van der Waals surface area contributed by atoms with Crippen molar-refractivity contribution >= 4 is 28.6 Å². The van der Waals surface area contributed by atoms with Crippen LogP contribution < -0.4 is 4.74 Å². The van der Waals surface area contributed by atoms with Crippen LogP contribution in [0.1, 0.15) is 23.2 Å². The zero-order chi connectivity index (χ0) is 16.2. The van der Waals surface area contributed by atoms with Gasteiger partial charge in [0, 0.05) is 24.5 Å². The Labute approximate surface area is 141 Å². The minimum absolute atomic E-state index is 0.0905. The van der Waals surface area contributed by atoms with Crippen LogP contribution in [0.3, 0.4) is 0 Å². The summed E-state index contributed by atoms with van der Waals surface area (Å²) in [6.07, 6.45) is 4.42. The summed E-state index contributed by atoms with van der Waals surface area (Å²) in [6.45, 7) is 1.68. The van der Waals surface area contributed by atoms with Crippen LogP contribution >= 0.6 is 11.8 Å². The van der Waals surface area contributed by atoms with Crippen LogP contribution in [0, 0.1) is 5.92 Å². The second-order valence-corrected chi connectivity index (χ2v) is 6.85. The van der Waals surface area contributed by atoms with E-state index in [0.717, 1.165) is 36.2 Å². The monoisotopic (exact) mass is 330 g/mol. The molecule has 5 heteroatoms. The first-order valence-corrected chi connectivity index (χ1v) is 9.34. The molecule has 1 saturated heterocycles. The highest BCUT2D eigenvalue weighted by Gasteiger charge is 2.25. The average molecular weight is 330 g/mol. The molecule has 4 nitrogen and oxygen atoms in total. The molecular weight excluding hydrogens is 308 g/mol. The first-order valence-electron chi connectivity index (χ1n) is 7.95. The number of hydrogen-bond acceptors (Lipinski definition) is 4. The second-order valence-electron chi connectivity index (χ2n) is 5.94. The number of amides is 1. The Bertz CT molecular complexity index is 702. The maximum atomic E-state index is 13.1. The molecule has 2 heterocycles. The van der Waals surface area contributed by atoms with Crippen LogP contribution in [0.15, 0.2) is 30.3 Å². The number of ether oxygens (including phenoxy) is 1. The molecule has 2 aromatic rings. The van der Waals surface area contributed by atoms with Crippen molar-refractivity contribution in [2.45, 2.75) is 12.8 Å². The summed E-state index contributed by atoms with van der Waals surface area (Å²) in [6, 6.07) is 9.51. The van der Waals surface area contributed by atoms with Crippen molar-refractivity contribution in [3.63, 3.8) is 0 Å². The van der Waals surface area contributed by atoms with Crippen LogP contribution in [-0.4, -0.2) is 48.0 Å². The summed E-state index contributed by atoms with van der Waals surface area (Å²) in [5.74, 6) is 2.29. The largest absolute Gasteiger partial charge is 0.481 e. The fraction of sp³-hybridized carbons (Fsp3) is 0.444. The predicted molar refractivity (Wildman–Crippen MR) is 95.3 cm³/mol. The Morgan fingerprint density at radius 3 is 3.04 bits per heavy atom. The molecule has 3 rings (SSSR count). The van der Waals surface area contributed by atoms with E-state index >= 15 is 0 Å². The third kappa shape index (κ3) is 3.44. The van der Waals surface area contributed by atoms with E-state index < -0.39 is 0 Å². The van der Waals surface area contributed by atoms with Crippen molar-refractivity contribution < 1.29 is 9.53 Å². The number of aromatic nitrogens is 1. The minimum Gasteiger partial charge on any atom is -0.481 e. The van der Waals surface area contributed by atoms with Crippen LogP contribution in [0.4, 0.5) is 0 Å². The van der Waals surface area contributed by atoms with Gasteiger partial charge in [-0.3, -0.25) is 4.79 Å². The van der Waals surface area contributed by atoms with Crippen molar-refractivity contribution in [1.29, 1.82) is 0 Å². The number of likely N-dealkylation sites (tertiary alicyclic amines) is 1. The van der Waals surface area contributed by atoms with E-state index in [1.807, 2.05) is 40.9 Å². The van der Waals surface area contributed by atoms with Gasteiger partial charge in [-0.15, -0.1) is 0 Å². The quantitative estimate of drug-likeness (QED) is 0.861. The fourth-order valence-electron chi connectivity index (χ4n) is 3.22. The van der Waals surface area contributed by atoms with Gasteiger partial charge in [0.15, 0.2) is 0 Å². The van der Waals surface area contributed by atoms with Crippen molar-refractivity contribution in [3.05, 3.63) is 35.9 Å². The maximum Gasteiger partial charge on any atom is 0.254 e. The Morgan fingerprint density at radius 1 is 1.43 bits per heavy atom. The van der Waals surface area contributed by atoms with Gasteiger partial charge in [0.1, 0.15) is 0 Å². The summed E-state index contributed by atoms with van der Waals surface area (Å²) < 4.78 is 5.27. The molecule has 1 aromatic carbocycles. The number of para-hydroxylation sites is 1. The molecule has 1 amide bonds. The van der Waals surface area contributed by atoms with E-state index in [1.54, 1.807) is 13.2 Å². The summed E-state index contributed by atoms with van der Waals surface area (Å²) in [5, 5.41) is 0.894. The number of nitrogens with zero attached hydrogens (tertiary/aromatic N) is 2. The molecule has 0 N–H and O–H groups in total. The van der Waals surface area contributed by atoms with E-state index in [-0.39, 0.29) is 5.91 Å². The van der Waals surface area contributed by atoms with Gasteiger partial charge in [-0.1, -0.05) is 18.2 Å². The van der Waals surface area contributed by atoms with Crippen molar-refractivity contribution in [3.8, 4) is 5.88 Å². The lowest BCUT2D eigenvalue weighted by Gasteiger charge is -2.32. The lowest BCUT2D eigenvalue weighted by molar-refractivity contribution is 0.0687. The molecule has 23 heavy (non-hydrogen) atoms. The van der Waals surface area contributed by atoms with Crippen LogP contribution in [0.25, 0.3) is 10.9 Å². The number of pyridine rings is 1. The fourth-order valence-corrected chi connectivity index (χ4v) is 3.97.